The highest BCUT2D eigenvalue weighted by atomic mass is 16.5. The highest BCUT2D eigenvalue weighted by Crippen LogP contribution is 2.40. The fourth-order valence-electron chi connectivity index (χ4n) is 4.97. The van der Waals surface area contributed by atoms with Crippen LogP contribution in [0.25, 0.3) is 49.4 Å². The van der Waals surface area contributed by atoms with E-state index in [-0.39, 0.29) is 0 Å². The molecule has 0 radical (unpaired) electrons. The Morgan fingerprint density at radius 2 is 1.29 bits per heavy atom. The smallest absolute Gasteiger partial charge is 0.119 e. The molecule has 0 aliphatic carbocycles. The Morgan fingerprint density at radius 1 is 0.629 bits per heavy atom. The molecular formula is C31H22N2O2. The number of hydrogen-bond acceptors (Lipinski definition) is 3. The van der Waals surface area contributed by atoms with E-state index in [1.165, 1.54) is 0 Å². The van der Waals surface area contributed by atoms with Crippen molar-refractivity contribution in [3.63, 3.8) is 0 Å². The normalized spacial score (nSPS) is 11.1. The Balaban J connectivity index is 1.75. The van der Waals surface area contributed by atoms with Gasteiger partial charge in [-0.3, -0.25) is 0 Å². The number of aromatic nitrogens is 1. The summed E-state index contributed by atoms with van der Waals surface area (Å²) in [4.78, 5) is 0. The molecule has 0 atom stereocenters. The van der Waals surface area contributed by atoms with Gasteiger partial charge in [0.2, 0.25) is 0 Å². The minimum Gasteiger partial charge on any atom is -0.497 e. The lowest BCUT2D eigenvalue weighted by Crippen LogP contribution is -1.98. The Bertz CT molecular complexity index is 1720. The van der Waals surface area contributed by atoms with Crippen LogP contribution in [0.2, 0.25) is 0 Å². The van der Waals surface area contributed by atoms with E-state index in [1.54, 1.807) is 14.2 Å². The minimum atomic E-state index is 0.626. The van der Waals surface area contributed by atoms with Crippen molar-refractivity contribution in [3.8, 4) is 34.4 Å². The molecule has 0 bridgehead atoms. The number of nitriles is 1. The highest BCUT2D eigenvalue weighted by Gasteiger charge is 2.18. The Labute approximate surface area is 203 Å². The van der Waals surface area contributed by atoms with E-state index >= 15 is 0 Å². The molecule has 0 spiro atoms. The van der Waals surface area contributed by atoms with Crippen molar-refractivity contribution >= 4 is 32.6 Å². The first-order chi connectivity index (χ1) is 17.2. The van der Waals surface area contributed by atoms with Gasteiger partial charge in [0.25, 0.3) is 0 Å². The van der Waals surface area contributed by atoms with Crippen LogP contribution < -0.4 is 9.47 Å². The predicted molar refractivity (Wildman–Crippen MR) is 142 cm³/mol. The van der Waals surface area contributed by atoms with Crippen molar-refractivity contribution in [2.24, 2.45) is 0 Å². The van der Waals surface area contributed by atoms with Crippen LogP contribution in [0, 0.1) is 11.3 Å². The average Bonchev–Trinajstić information content (AvgIpc) is 3.24. The molecule has 4 nitrogen and oxygen atoms in total. The number of hydrogen-bond donors (Lipinski definition) is 0. The maximum Gasteiger partial charge on any atom is 0.119 e. The third kappa shape index (κ3) is 3.29. The molecule has 35 heavy (non-hydrogen) atoms. The van der Waals surface area contributed by atoms with Gasteiger partial charge >= 0.3 is 0 Å². The van der Waals surface area contributed by atoms with Crippen molar-refractivity contribution in [2.75, 3.05) is 14.2 Å². The van der Waals surface area contributed by atoms with Crippen LogP contribution in [0.4, 0.5) is 0 Å². The van der Waals surface area contributed by atoms with Crippen LogP contribution in [-0.2, 0) is 0 Å². The number of rotatable bonds is 4. The lowest BCUT2D eigenvalue weighted by Gasteiger charge is -2.16. The molecule has 0 N–H and O–H groups in total. The zero-order chi connectivity index (χ0) is 23.9. The molecule has 0 fully saturated rings. The number of nitrogens with zero attached hydrogens (tertiary/aromatic N) is 2. The summed E-state index contributed by atoms with van der Waals surface area (Å²) in [5.41, 5.74) is 5.84. The largest absolute Gasteiger partial charge is 0.497 e. The number of fused-ring (bicyclic) bond motifs is 4. The summed E-state index contributed by atoms with van der Waals surface area (Å²) in [6.45, 7) is 0. The summed E-state index contributed by atoms with van der Waals surface area (Å²) in [5, 5.41) is 14.2. The van der Waals surface area contributed by atoms with Crippen LogP contribution >= 0.6 is 0 Å². The summed E-state index contributed by atoms with van der Waals surface area (Å²) in [6, 6.07) is 35.2. The zero-order valence-electron chi connectivity index (χ0n) is 19.4. The van der Waals surface area contributed by atoms with Crippen LogP contribution in [0.15, 0.2) is 97.1 Å². The lowest BCUT2D eigenvalue weighted by molar-refractivity contribution is 0.415. The van der Waals surface area contributed by atoms with Gasteiger partial charge in [0, 0.05) is 16.3 Å². The zero-order valence-corrected chi connectivity index (χ0v) is 19.4. The molecule has 1 aromatic heterocycles. The minimum absolute atomic E-state index is 0.626. The molecule has 5 aromatic carbocycles. The van der Waals surface area contributed by atoms with Crippen molar-refractivity contribution in [2.45, 2.75) is 0 Å². The molecular weight excluding hydrogens is 432 g/mol. The molecule has 0 unspecified atom stereocenters. The molecule has 4 heteroatoms. The van der Waals surface area contributed by atoms with Gasteiger partial charge in [0.1, 0.15) is 11.5 Å². The molecule has 6 aromatic rings. The van der Waals surface area contributed by atoms with E-state index in [2.05, 4.69) is 71.3 Å². The van der Waals surface area contributed by atoms with Gasteiger partial charge in [-0.1, -0.05) is 42.5 Å². The summed E-state index contributed by atoms with van der Waals surface area (Å²) in [6.07, 6.45) is 0. The third-order valence-corrected chi connectivity index (χ3v) is 6.63. The summed E-state index contributed by atoms with van der Waals surface area (Å²) in [7, 11) is 3.36. The van der Waals surface area contributed by atoms with Crippen molar-refractivity contribution in [1.29, 1.82) is 5.26 Å². The van der Waals surface area contributed by atoms with Crippen LogP contribution in [0.3, 0.4) is 0 Å². The monoisotopic (exact) mass is 454 g/mol. The first kappa shape index (κ1) is 20.8. The van der Waals surface area contributed by atoms with Gasteiger partial charge in [-0.25, -0.2) is 0 Å². The van der Waals surface area contributed by atoms with Gasteiger partial charge in [-0.05, 0) is 70.9 Å². The second kappa shape index (κ2) is 8.23. The molecule has 0 saturated carbocycles. The van der Waals surface area contributed by atoms with Gasteiger partial charge in [-0.15, -0.1) is 0 Å². The molecule has 0 aliphatic heterocycles. The first-order valence-electron chi connectivity index (χ1n) is 11.4. The van der Waals surface area contributed by atoms with Crippen LogP contribution in [0.1, 0.15) is 5.56 Å². The van der Waals surface area contributed by atoms with Gasteiger partial charge < -0.3 is 14.0 Å². The lowest BCUT2D eigenvalue weighted by atomic mass is 9.95. The second-order valence-electron chi connectivity index (χ2n) is 8.47. The van der Waals surface area contributed by atoms with E-state index in [0.29, 0.717) is 5.56 Å². The Kier molecular flexibility index (Phi) is 4.90. The van der Waals surface area contributed by atoms with Crippen molar-refractivity contribution in [3.05, 3.63) is 103 Å². The maximum absolute atomic E-state index is 9.72. The number of methoxy groups -OCH3 is 2. The molecule has 6 rings (SSSR count). The number of ether oxygens (including phenoxy) is 2. The fourth-order valence-corrected chi connectivity index (χ4v) is 4.97. The van der Waals surface area contributed by atoms with Gasteiger partial charge in [0.15, 0.2) is 0 Å². The van der Waals surface area contributed by atoms with Crippen molar-refractivity contribution in [1.82, 2.24) is 4.57 Å². The summed E-state index contributed by atoms with van der Waals surface area (Å²) >= 11 is 0. The second-order valence-corrected chi connectivity index (χ2v) is 8.47. The predicted octanol–water partition coefficient (Wildman–Crippen LogP) is 7.49. The standard InChI is InChI=1S/C31H22N2O2/c1-34-22-11-14-30-27(17-22)28-18-23(35-2)12-15-31(28)33(30)29-13-10-20(19-32)16-26(29)25-9-5-7-21-6-3-4-8-24(21)25/h3-18H,1-2H3. The van der Waals surface area contributed by atoms with E-state index in [9.17, 15) is 5.26 Å². The summed E-state index contributed by atoms with van der Waals surface area (Å²) < 4.78 is 13.3. The van der Waals surface area contributed by atoms with Gasteiger partial charge in [-0.2, -0.15) is 5.26 Å². The third-order valence-electron chi connectivity index (χ3n) is 6.63. The Hall–Kier alpha value is -4.75. The molecule has 1 heterocycles. The maximum atomic E-state index is 9.72. The van der Waals surface area contributed by atoms with E-state index in [0.717, 1.165) is 60.9 Å². The average molecular weight is 455 g/mol. The first-order valence-corrected chi connectivity index (χ1v) is 11.4. The molecule has 168 valence electrons. The van der Waals surface area contributed by atoms with Crippen molar-refractivity contribution < 1.29 is 9.47 Å². The molecule has 0 aliphatic rings. The van der Waals surface area contributed by atoms with E-state index in [1.807, 2.05) is 36.4 Å². The molecule has 0 saturated heterocycles. The summed E-state index contributed by atoms with van der Waals surface area (Å²) in [5.74, 6) is 1.60. The SMILES string of the molecule is COc1ccc2c(c1)c1cc(OC)ccc1n2-c1ccc(C#N)cc1-c1cccc2ccccc12. The van der Waals surface area contributed by atoms with E-state index in [4.69, 9.17) is 9.47 Å². The topological polar surface area (TPSA) is 47.2 Å². The van der Waals surface area contributed by atoms with Gasteiger partial charge in [0.05, 0.1) is 42.6 Å². The quantitative estimate of drug-likeness (QED) is 0.277. The van der Waals surface area contributed by atoms with E-state index < -0.39 is 0 Å². The Morgan fingerprint density at radius 3 is 1.94 bits per heavy atom. The molecule has 0 amide bonds. The fraction of sp³-hybridized carbons (Fsp3) is 0.0645. The van der Waals surface area contributed by atoms with Crippen LogP contribution in [0.5, 0.6) is 11.5 Å². The van der Waals surface area contributed by atoms with Crippen LogP contribution in [-0.4, -0.2) is 18.8 Å². The number of benzene rings is 5. The highest BCUT2D eigenvalue weighted by molar-refractivity contribution is 6.11.